The van der Waals surface area contributed by atoms with Gasteiger partial charge in [-0.25, -0.2) is 0 Å². The number of alkyl halides is 3. The summed E-state index contributed by atoms with van der Waals surface area (Å²) in [6.07, 6.45) is 0.672. The van der Waals surface area contributed by atoms with Crippen LogP contribution in [0.15, 0.2) is 42.6 Å². The number of phenolic OH excluding ortho intramolecular Hbond substituents is 1. The molecule has 1 heterocycles. The van der Waals surface area contributed by atoms with Crippen molar-refractivity contribution < 1.29 is 27.8 Å². The highest BCUT2D eigenvalue weighted by atomic mass is 19.4. The molecule has 0 amide bonds. The molecule has 6 nitrogen and oxygen atoms in total. The van der Waals surface area contributed by atoms with Crippen LogP contribution in [-0.4, -0.2) is 53.3 Å². The Bertz CT molecular complexity index is 1280. The number of nitrogens with one attached hydrogen (secondary N) is 1. The van der Waals surface area contributed by atoms with E-state index in [1.54, 1.807) is 18.3 Å². The van der Waals surface area contributed by atoms with Crippen LogP contribution < -0.4 is 10.1 Å². The van der Waals surface area contributed by atoms with Gasteiger partial charge in [0.25, 0.3) is 0 Å². The largest absolute Gasteiger partial charge is 0.573 e. The van der Waals surface area contributed by atoms with Gasteiger partial charge < -0.3 is 20.1 Å². The van der Waals surface area contributed by atoms with Crippen molar-refractivity contribution in [3.05, 3.63) is 48.2 Å². The minimum absolute atomic E-state index is 0.0326. The number of carbonyl (C=O) groups excluding carboxylic acids is 1. The number of Topliss-reactive ketones (excluding diaryl/α,β-unsaturated/α-hetero) is 1. The topological polar surface area (TPSA) is 74.7 Å². The van der Waals surface area contributed by atoms with Crippen LogP contribution in [-0.2, 0) is 0 Å². The fourth-order valence-corrected chi connectivity index (χ4v) is 4.87. The fourth-order valence-electron chi connectivity index (χ4n) is 4.87. The lowest BCUT2D eigenvalue weighted by Crippen LogP contribution is -2.36. The number of carbonyl (C=O) groups is 1. The number of fused-ring (bicyclic) bond motifs is 1. The lowest BCUT2D eigenvalue weighted by atomic mass is 9.89. The minimum Gasteiger partial charge on any atom is -0.504 e. The monoisotopic (exact) mass is 515 g/mol. The average Bonchev–Trinajstić information content (AvgIpc) is 2.84. The molecule has 9 heteroatoms. The van der Waals surface area contributed by atoms with Gasteiger partial charge in [-0.3, -0.25) is 9.78 Å². The number of anilines is 1. The second-order valence-electron chi connectivity index (χ2n) is 10.1. The number of phenols is 1. The van der Waals surface area contributed by atoms with E-state index in [0.717, 1.165) is 31.7 Å². The van der Waals surface area contributed by atoms with Gasteiger partial charge in [-0.1, -0.05) is 26.0 Å². The normalized spacial score (nSPS) is 18.4. The summed E-state index contributed by atoms with van der Waals surface area (Å²) >= 11 is 0. The molecular weight excluding hydrogens is 483 g/mol. The van der Waals surface area contributed by atoms with Crippen molar-refractivity contribution in [1.29, 1.82) is 0 Å². The van der Waals surface area contributed by atoms with Gasteiger partial charge in [0, 0.05) is 29.6 Å². The third-order valence-electron chi connectivity index (χ3n) is 6.95. The summed E-state index contributed by atoms with van der Waals surface area (Å²) in [6, 6.07) is 9.89. The molecule has 37 heavy (non-hydrogen) atoms. The molecule has 0 aliphatic heterocycles. The zero-order valence-corrected chi connectivity index (χ0v) is 21.4. The molecule has 1 aliphatic carbocycles. The van der Waals surface area contributed by atoms with E-state index in [0.29, 0.717) is 39.3 Å². The molecule has 1 saturated carbocycles. The Kier molecular flexibility index (Phi) is 7.64. The van der Waals surface area contributed by atoms with E-state index < -0.39 is 17.9 Å². The Labute approximate surface area is 214 Å². The number of pyridine rings is 1. The summed E-state index contributed by atoms with van der Waals surface area (Å²) in [5.74, 6) is -1.55. The molecule has 0 atom stereocenters. The van der Waals surface area contributed by atoms with Gasteiger partial charge in [-0.05, 0) is 75.2 Å². The lowest BCUT2D eigenvalue weighted by Gasteiger charge is -2.34. The number of ketones is 1. The number of hydrogen-bond acceptors (Lipinski definition) is 6. The summed E-state index contributed by atoms with van der Waals surface area (Å²) < 4.78 is 42.4. The van der Waals surface area contributed by atoms with Crippen molar-refractivity contribution in [3.8, 4) is 22.6 Å². The highest BCUT2D eigenvalue weighted by Gasteiger charge is 2.32. The molecule has 1 aromatic heterocycles. The van der Waals surface area contributed by atoms with Gasteiger partial charge >= 0.3 is 6.36 Å². The summed E-state index contributed by atoms with van der Waals surface area (Å²) in [5, 5.41) is 14.2. The molecule has 1 fully saturated rings. The maximum absolute atomic E-state index is 13.1. The first kappa shape index (κ1) is 26.7. The van der Waals surface area contributed by atoms with Crippen LogP contribution >= 0.6 is 0 Å². The predicted molar refractivity (Wildman–Crippen MR) is 138 cm³/mol. The van der Waals surface area contributed by atoms with Crippen LogP contribution in [0.2, 0.25) is 0 Å². The second-order valence-corrected chi connectivity index (χ2v) is 10.1. The number of hydrogen-bond donors (Lipinski definition) is 2. The van der Waals surface area contributed by atoms with Crippen molar-refractivity contribution >= 4 is 22.4 Å². The van der Waals surface area contributed by atoms with Gasteiger partial charge in [0.15, 0.2) is 17.3 Å². The van der Waals surface area contributed by atoms with Crippen molar-refractivity contribution in [2.75, 3.05) is 19.4 Å². The molecule has 0 spiro atoms. The Balaban J connectivity index is 1.77. The SMILES string of the molecule is CC(C)C(=O)c1cnc2ccc(-c3ccc(O)c(OC(F)(F)F)c3)cc2c1N[C@H]1CC[C@H](N(C)C)CC1. The third-order valence-corrected chi connectivity index (χ3v) is 6.95. The van der Waals surface area contributed by atoms with Crippen molar-refractivity contribution in [3.63, 3.8) is 0 Å². The maximum atomic E-state index is 13.1. The van der Waals surface area contributed by atoms with E-state index in [1.165, 1.54) is 12.1 Å². The van der Waals surface area contributed by atoms with Crippen LogP contribution in [0.1, 0.15) is 49.9 Å². The van der Waals surface area contributed by atoms with Gasteiger partial charge in [0.2, 0.25) is 0 Å². The summed E-state index contributed by atoms with van der Waals surface area (Å²) in [7, 11) is 4.18. The van der Waals surface area contributed by atoms with Gasteiger partial charge in [-0.2, -0.15) is 0 Å². The summed E-state index contributed by atoms with van der Waals surface area (Å²) in [6.45, 7) is 3.68. The first-order valence-electron chi connectivity index (χ1n) is 12.4. The van der Waals surface area contributed by atoms with Crippen LogP contribution in [0.4, 0.5) is 18.9 Å². The van der Waals surface area contributed by atoms with E-state index in [-0.39, 0.29) is 17.7 Å². The predicted octanol–water partition coefficient (Wildman–Crippen LogP) is 6.63. The van der Waals surface area contributed by atoms with Crippen LogP contribution in [0, 0.1) is 5.92 Å². The highest BCUT2D eigenvalue weighted by Crippen LogP contribution is 2.38. The van der Waals surface area contributed by atoms with Crippen LogP contribution in [0.5, 0.6) is 11.5 Å². The van der Waals surface area contributed by atoms with Crippen molar-refractivity contribution in [2.45, 2.75) is 58.0 Å². The van der Waals surface area contributed by atoms with E-state index in [4.69, 9.17) is 0 Å². The zero-order valence-electron chi connectivity index (χ0n) is 21.4. The van der Waals surface area contributed by atoms with Gasteiger partial charge in [0.1, 0.15) is 0 Å². The average molecular weight is 516 g/mol. The number of benzene rings is 2. The Morgan fingerprint density at radius 3 is 2.35 bits per heavy atom. The molecule has 2 N–H and O–H groups in total. The maximum Gasteiger partial charge on any atom is 0.573 e. The highest BCUT2D eigenvalue weighted by molar-refractivity contribution is 6.09. The lowest BCUT2D eigenvalue weighted by molar-refractivity contribution is -0.275. The van der Waals surface area contributed by atoms with Crippen LogP contribution in [0.3, 0.4) is 0 Å². The number of nitrogens with zero attached hydrogens (tertiary/aromatic N) is 2. The van der Waals surface area contributed by atoms with E-state index in [2.05, 4.69) is 34.0 Å². The quantitative estimate of drug-likeness (QED) is 0.344. The molecule has 0 bridgehead atoms. The molecule has 4 rings (SSSR count). The molecule has 1 aliphatic rings. The van der Waals surface area contributed by atoms with Crippen molar-refractivity contribution in [1.82, 2.24) is 9.88 Å². The molecular formula is C28H32F3N3O3. The molecule has 0 unspecified atom stereocenters. The Hall–Kier alpha value is -3.33. The number of halogens is 3. The molecule has 2 aromatic carbocycles. The van der Waals surface area contributed by atoms with Gasteiger partial charge in [-0.15, -0.1) is 13.2 Å². The fraction of sp³-hybridized carbons (Fsp3) is 0.429. The van der Waals surface area contributed by atoms with Crippen molar-refractivity contribution in [2.24, 2.45) is 5.92 Å². The second kappa shape index (κ2) is 10.6. The number of aromatic hydroxyl groups is 1. The minimum atomic E-state index is -4.93. The summed E-state index contributed by atoms with van der Waals surface area (Å²) in [4.78, 5) is 19.9. The smallest absolute Gasteiger partial charge is 0.504 e. The molecule has 3 aromatic rings. The number of ether oxygens (including phenoxy) is 1. The molecule has 0 saturated heterocycles. The zero-order chi connectivity index (χ0) is 26.9. The number of rotatable bonds is 7. The van der Waals surface area contributed by atoms with E-state index in [1.807, 2.05) is 19.9 Å². The van der Waals surface area contributed by atoms with E-state index >= 15 is 0 Å². The Morgan fingerprint density at radius 2 is 1.73 bits per heavy atom. The van der Waals surface area contributed by atoms with E-state index in [9.17, 15) is 23.1 Å². The molecule has 0 radical (unpaired) electrons. The first-order chi connectivity index (χ1) is 17.4. The number of aromatic nitrogens is 1. The Morgan fingerprint density at radius 1 is 1.08 bits per heavy atom. The third kappa shape index (κ3) is 6.15. The van der Waals surface area contributed by atoms with Crippen LogP contribution in [0.25, 0.3) is 22.0 Å². The first-order valence-corrected chi connectivity index (χ1v) is 12.4. The molecule has 198 valence electrons. The van der Waals surface area contributed by atoms with Gasteiger partial charge in [0.05, 0.1) is 16.8 Å². The standard InChI is InChI=1S/C28H32F3N3O3/c1-16(2)27(36)22-15-32-23-11-5-17(18-6-12-24(35)25(14-18)37-28(29,30)31)13-21(23)26(22)33-19-7-9-20(10-8-19)34(3)4/h5-6,11-16,19-20,35H,7-10H2,1-4H3,(H,32,33)/t19-,20-. The summed E-state index contributed by atoms with van der Waals surface area (Å²) in [5.41, 5.74) is 2.90.